The van der Waals surface area contributed by atoms with Gasteiger partial charge in [-0.2, -0.15) is 0 Å². The number of rotatable bonds is 3. The first-order valence-electron chi connectivity index (χ1n) is 23.9. The molecule has 1 unspecified atom stereocenters. The minimum atomic E-state index is -0.530. The Kier molecular flexibility index (Phi) is 6.98. The quantitative estimate of drug-likeness (QED) is 0.172. The van der Waals surface area contributed by atoms with Gasteiger partial charge < -0.3 is 9.47 Å². The monoisotopic (exact) mass is 860 g/mol. The van der Waals surface area contributed by atoms with Crippen molar-refractivity contribution in [3.63, 3.8) is 0 Å². The van der Waals surface area contributed by atoms with Crippen LogP contribution in [0.4, 0.5) is 17.1 Å². The van der Waals surface area contributed by atoms with E-state index in [9.17, 15) is 0 Å². The summed E-state index contributed by atoms with van der Waals surface area (Å²) in [5.41, 5.74) is 24.6. The molecule has 0 saturated carbocycles. The largest absolute Gasteiger partial charge is 0.309 e. The lowest BCUT2D eigenvalue weighted by Crippen LogP contribution is -2.33. The molecule has 314 valence electrons. The van der Waals surface area contributed by atoms with E-state index >= 15 is 0 Å². The number of benzene rings is 11. The molecule has 68 heavy (non-hydrogen) atoms. The Hall–Kier alpha value is -8.72. The summed E-state index contributed by atoms with van der Waals surface area (Å²) in [6, 6.07) is 91.8. The predicted molar refractivity (Wildman–Crippen MR) is 280 cm³/mol. The highest BCUT2D eigenvalue weighted by atomic mass is 15.1. The zero-order chi connectivity index (χ0) is 44.3. The average Bonchev–Trinajstić information content (AvgIpc) is 4.10. The molecule has 1 atom stereocenters. The van der Waals surface area contributed by atoms with Gasteiger partial charge in [-0.05, 0) is 114 Å². The first kappa shape index (κ1) is 36.5. The second-order valence-electron chi connectivity index (χ2n) is 19.0. The Labute approximate surface area is 394 Å². The molecule has 0 amide bonds. The van der Waals surface area contributed by atoms with E-state index in [2.05, 4.69) is 252 Å². The fourth-order valence-corrected chi connectivity index (χ4v) is 13.8. The van der Waals surface area contributed by atoms with Crippen LogP contribution in [0.5, 0.6) is 0 Å². The Morgan fingerprint density at radius 3 is 1.56 bits per heavy atom. The van der Waals surface area contributed by atoms with Crippen molar-refractivity contribution in [3.05, 3.63) is 287 Å². The van der Waals surface area contributed by atoms with Crippen LogP contribution in [0.2, 0.25) is 0 Å². The fourth-order valence-electron chi connectivity index (χ4n) is 13.8. The van der Waals surface area contributed by atoms with Crippen LogP contribution in [-0.2, 0) is 10.8 Å². The Morgan fingerprint density at radius 2 is 0.794 bits per heavy atom. The summed E-state index contributed by atoms with van der Waals surface area (Å²) in [5, 5.41) is 5.00. The molecule has 2 heterocycles. The van der Waals surface area contributed by atoms with Gasteiger partial charge >= 0.3 is 0 Å². The summed E-state index contributed by atoms with van der Waals surface area (Å²) in [4.78, 5) is 2.57. The van der Waals surface area contributed by atoms with Crippen molar-refractivity contribution < 1.29 is 0 Å². The molecule has 0 fully saturated rings. The Bertz CT molecular complexity index is 4140. The van der Waals surface area contributed by atoms with E-state index in [0.29, 0.717) is 0 Å². The minimum absolute atomic E-state index is 0.458. The number of hydrogen-bond acceptors (Lipinski definition) is 1. The number of aromatic nitrogens is 1. The van der Waals surface area contributed by atoms with Gasteiger partial charge in [0, 0.05) is 27.4 Å². The smallest absolute Gasteiger partial charge is 0.0754 e. The van der Waals surface area contributed by atoms with Crippen molar-refractivity contribution in [2.24, 2.45) is 0 Å². The molecule has 0 bridgehead atoms. The maximum Gasteiger partial charge on any atom is 0.0754 e. The van der Waals surface area contributed by atoms with Crippen molar-refractivity contribution in [2.45, 2.75) is 10.8 Å². The van der Waals surface area contributed by atoms with Crippen LogP contribution in [0.1, 0.15) is 44.5 Å². The normalized spacial score (nSPS) is 15.8. The number of nitrogens with zero attached hydrogens (tertiary/aromatic N) is 2. The third-order valence-electron chi connectivity index (χ3n) is 16.2. The molecular formula is C66H40N2. The van der Waals surface area contributed by atoms with Crippen molar-refractivity contribution >= 4 is 49.6 Å². The first-order chi connectivity index (χ1) is 33.8. The molecule has 1 aromatic heterocycles. The van der Waals surface area contributed by atoms with E-state index in [1.54, 1.807) is 0 Å². The van der Waals surface area contributed by atoms with Gasteiger partial charge in [-0.3, -0.25) is 0 Å². The van der Waals surface area contributed by atoms with Gasteiger partial charge in [0.15, 0.2) is 0 Å². The Balaban J connectivity index is 1.00. The van der Waals surface area contributed by atoms with E-state index in [-0.39, 0.29) is 0 Å². The van der Waals surface area contributed by atoms with Crippen LogP contribution in [0, 0.1) is 0 Å². The molecule has 0 N–H and O–H groups in total. The second-order valence-corrected chi connectivity index (χ2v) is 19.0. The maximum absolute atomic E-state index is 2.57. The summed E-state index contributed by atoms with van der Waals surface area (Å²) in [5.74, 6) is 0. The van der Waals surface area contributed by atoms with E-state index in [0.717, 1.165) is 11.4 Å². The lowest BCUT2D eigenvalue weighted by molar-refractivity contribution is 0.748. The minimum Gasteiger partial charge on any atom is -0.309 e. The third-order valence-corrected chi connectivity index (χ3v) is 16.2. The maximum atomic E-state index is 2.57. The van der Waals surface area contributed by atoms with Crippen LogP contribution in [-0.4, -0.2) is 4.57 Å². The molecular weight excluding hydrogens is 821 g/mol. The molecule has 0 saturated heterocycles. The number of para-hydroxylation sites is 3. The SMILES string of the molecule is c1ccc2c(c1)-c1ccccc1C21c2ccccc2-c2c(N(c3ccc4c(c3)-c3ccccc3C43c4ccccc4-n4c5ccccc5c5cccc3c54)c3cccc4ccccc34)cccc21. The zero-order valence-corrected chi connectivity index (χ0v) is 37.0. The molecule has 2 nitrogen and oxygen atoms in total. The van der Waals surface area contributed by atoms with Gasteiger partial charge in [-0.15, -0.1) is 0 Å². The van der Waals surface area contributed by atoms with E-state index in [4.69, 9.17) is 0 Å². The number of fused-ring (bicyclic) bond motifs is 23. The van der Waals surface area contributed by atoms with Crippen LogP contribution < -0.4 is 4.90 Å². The molecule has 11 aromatic carbocycles. The van der Waals surface area contributed by atoms with Crippen molar-refractivity contribution in [2.75, 3.05) is 4.90 Å². The van der Waals surface area contributed by atoms with Gasteiger partial charge in [0.05, 0.1) is 38.9 Å². The lowest BCUT2D eigenvalue weighted by Gasteiger charge is -2.39. The average molecular weight is 861 g/mol. The predicted octanol–water partition coefficient (Wildman–Crippen LogP) is 16.4. The summed E-state index contributed by atoms with van der Waals surface area (Å²) < 4.78 is 2.53. The molecule has 1 aliphatic heterocycles. The highest BCUT2D eigenvalue weighted by Crippen LogP contribution is 2.66. The summed E-state index contributed by atoms with van der Waals surface area (Å²) >= 11 is 0. The van der Waals surface area contributed by atoms with Crippen LogP contribution >= 0.6 is 0 Å². The van der Waals surface area contributed by atoms with Gasteiger partial charge in [0.1, 0.15) is 0 Å². The first-order valence-corrected chi connectivity index (χ1v) is 23.9. The second kappa shape index (κ2) is 13.0. The highest BCUT2D eigenvalue weighted by molar-refractivity contribution is 6.13. The Morgan fingerprint density at radius 1 is 0.309 bits per heavy atom. The summed E-state index contributed by atoms with van der Waals surface area (Å²) in [7, 11) is 0. The van der Waals surface area contributed by atoms with E-state index in [1.807, 2.05) is 0 Å². The fraction of sp³-hybridized carbons (Fsp3) is 0.0303. The van der Waals surface area contributed by atoms with Crippen molar-refractivity contribution in [1.29, 1.82) is 0 Å². The van der Waals surface area contributed by atoms with Crippen LogP contribution in [0.3, 0.4) is 0 Å². The topological polar surface area (TPSA) is 8.17 Å². The van der Waals surface area contributed by atoms with E-state index < -0.39 is 10.8 Å². The molecule has 16 rings (SSSR count). The van der Waals surface area contributed by atoms with Crippen molar-refractivity contribution in [1.82, 2.24) is 4.57 Å². The molecule has 2 heteroatoms. The van der Waals surface area contributed by atoms with E-state index in [1.165, 1.54) is 122 Å². The van der Waals surface area contributed by atoms with Gasteiger partial charge in [-0.1, -0.05) is 206 Å². The summed E-state index contributed by atoms with van der Waals surface area (Å²) in [6.07, 6.45) is 0. The van der Waals surface area contributed by atoms with Gasteiger partial charge in [0.25, 0.3) is 0 Å². The van der Waals surface area contributed by atoms with Gasteiger partial charge in [0.2, 0.25) is 0 Å². The standard InChI is InChI=1S/C66H40N2/c1-2-20-43-41(18-1)19-15-36-59(43)67(62-37-17-32-57-63(62)49-25-6-11-30-54(49)65(57)51-27-8-3-21-44(51)45-22-4-9-28-52(45)65)42-38-39-55-50(40-42)46-23-5-10-29-53(46)66(55)56-31-12-14-35-61(56)68-60-34-13-7-24-47(60)48-26-16-33-58(66)64(48)68/h1-40H. The van der Waals surface area contributed by atoms with Crippen molar-refractivity contribution in [3.8, 4) is 39.1 Å². The zero-order valence-electron chi connectivity index (χ0n) is 37.0. The molecule has 3 aliphatic carbocycles. The highest BCUT2D eigenvalue weighted by Gasteiger charge is 2.53. The third kappa shape index (κ3) is 4.22. The molecule has 0 radical (unpaired) electrons. The number of hydrogen-bond donors (Lipinski definition) is 0. The summed E-state index contributed by atoms with van der Waals surface area (Å²) in [6.45, 7) is 0. The lowest BCUT2D eigenvalue weighted by atomic mass is 9.65. The molecule has 2 spiro atoms. The number of anilines is 3. The molecule has 4 aliphatic rings. The van der Waals surface area contributed by atoms with Crippen LogP contribution in [0.25, 0.3) is 71.6 Å². The van der Waals surface area contributed by atoms with Crippen LogP contribution in [0.15, 0.2) is 243 Å². The molecule has 12 aromatic rings. The van der Waals surface area contributed by atoms with Gasteiger partial charge in [-0.25, -0.2) is 0 Å².